The van der Waals surface area contributed by atoms with E-state index in [9.17, 15) is 34.5 Å². The van der Waals surface area contributed by atoms with Gasteiger partial charge in [0.05, 0.1) is 69.0 Å². The molecule has 2 rings (SSSR count). The number of nitrogens with zero attached hydrogens (tertiary/aromatic N) is 4. The summed E-state index contributed by atoms with van der Waals surface area (Å²) in [4.78, 5) is 50.1. The minimum atomic E-state index is -0.773. The van der Waals surface area contributed by atoms with Gasteiger partial charge in [-0.2, -0.15) is 0 Å². The van der Waals surface area contributed by atoms with Crippen molar-refractivity contribution in [2.75, 3.05) is 135 Å². The second-order valence-electron chi connectivity index (χ2n) is 18.0. The molecular weight excluding hydrogens is 753 g/mol. The number of likely N-dealkylation sites (N-methyl/N-ethyl adjacent to an activating group) is 4. The quantitative estimate of drug-likeness (QED) is 0.0270. The summed E-state index contributed by atoms with van der Waals surface area (Å²) in [6.07, 6.45) is 6.26. The number of ketones is 1. The van der Waals surface area contributed by atoms with Crippen molar-refractivity contribution in [3.8, 4) is 0 Å². The van der Waals surface area contributed by atoms with Crippen LogP contribution in [0, 0.1) is 0 Å². The molecule has 328 valence electrons. The molecule has 0 aliphatic carbocycles. The molecule has 2 aromatic rings. The third-order valence-electron chi connectivity index (χ3n) is 10.2. The number of hydrogen-bond acceptors (Lipinski definition) is 8. The average Bonchev–Trinajstić information content (AvgIpc) is 3.13. The molecule has 0 spiro atoms. The highest BCUT2D eigenvalue weighted by atomic mass is 16.5. The van der Waals surface area contributed by atoms with Crippen molar-refractivity contribution in [2.45, 2.75) is 31.5 Å². The monoisotopic (exact) mass is 827 g/mol. The topological polar surface area (TPSA) is 162 Å². The number of carbonyl (C=O) groups is 4. The number of Topliss-reactive ketones (excluding diaryl/α,β-unsaturated/α-hetero) is 1. The highest BCUT2D eigenvalue weighted by Gasteiger charge is 2.33. The fourth-order valence-electron chi connectivity index (χ4n) is 7.21. The van der Waals surface area contributed by atoms with Gasteiger partial charge >= 0.3 is 5.97 Å². The van der Waals surface area contributed by atoms with Gasteiger partial charge in [0.15, 0.2) is 18.0 Å². The summed E-state index contributed by atoms with van der Waals surface area (Å²) in [5.41, 5.74) is 1.91. The molecule has 14 heteroatoms. The van der Waals surface area contributed by atoms with Gasteiger partial charge < -0.3 is 48.6 Å². The predicted molar refractivity (Wildman–Crippen MR) is 232 cm³/mol. The van der Waals surface area contributed by atoms with E-state index in [1.165, 1.54) is 12.2 Å². The van der Waals surface area contributed by atoms with Crippen molar-refractivity contribution in [1.82, 2.24) is 10.6 Å². The van der Waals surface area contributed by atoms with E-state index in [4.69, 9.17) is 4.74 Å². The smallest absolute Gasteiger partial charge is 0.313 e. The fourth-order valence-corrected chi connectivity index (χ4v) is 7.21. The van der Waals surface area contributed by atoms with Gasteiger partial charge in [-0.1, -0.05) is 60.7 Å². The molecule has 0 saturated heterocycles. The molecule has 59 heavy (non-hydrogen) atoms. The van der Waals surface area contributed by atoms with Crippen molar-refractivity contribution in [3.63, 3.8) is 0 Å². The number of hydrogen-bond donors (Lipinski definition) is 5. The Kier molecular flexibility index (Phi) is 21.9. The van der Waals surface area contributed by atoms with Gasteiger partial charge in [-0.25, -0.2) is 0 Å². The van der Waals surface area contributed by atoms with Crippen molar-refractivity contribution in [1.29, 1.82) is 0 Å². The van der Waals surface area contributed by atoms with Gasteiger partial charge in [0, 0.05) is 38.1 Å². The summed E-state index contributed by atoms with van der Waals surface area (Å²) in [7, 11) is 13.8. The van der Waals surface area contributed by atoms with Crippen LogP contribution >= 0.6 is 0 Å². The number of ether oxygens (including phenoxy) is 1. The summed E-state index contributed by atoms with van der Waals surface area (Å²) in [5, 5.41) is 37.6. The number of esters is 1. The molecule has 14 nitrogen and oxygen atoms in total. The highest BCUT2D eigenvalue weighted by Crippen LogP contribution is 2.11. The van der Waals surface area contributed by atoms with E-state index in [-0.39, 0.29) is 54.9 Å². The lowest BCUT2D eigenvalue weighted by Crippen LogP contribution is -2.57. The predicted octanol–water partition coefficient (Wildman–Crippen LogP) is 1.32. The van der Waals surface area contributed by atoms with Crippen molar-refractivity contribution >= 4 is 35.7 Å². The lowest BCUT2D eigenvalue weighted by atomic mass is 10.2. The van der Waals surface area contributed by atoms with Gasteiger partial charge in [0.2, 0.25) is 11.8 Å². The Labute approximate surface area is 352 Å². The first-order valence-electron chi connectivity index (χ1n) is 20.7. The van der Waals surface area contributed by atoms with Gasteiger partial charge in [0.25, 0.3) is 0 Å². The van der Waals surface area contributed by atoms with E-state index >= 15 is 0 Å². The van der Waals surface area contributed by atoms with E-state index in [1.54, 1.807) is 19.2 Å². The van der Waals surface area contributed by atoms with E-state index in [0.29, 0.717) is 65.7 Å². The number of carbonyl (C=O) groups excluding carboxylic acids is 4. The number of nitrogens with one attached hydrogen (secondary N) is 2. The maximum absolute atomic E-state index is 13.0. The van der Waals surface area contributed by atoms with E-state index in [2.05, 4.69) is 10.6 Å². The Hall–Kier alpha value is -4.28. The zero-order valence-corrected chi connectivity index (χ0v) is 36.7. The minimum Gasteiger partial charge on any atom is -0.459 e. The number of amides is 2. The molecule has 5 N–H and O–H groups in total. The number of aliphatic hydroxyl groups is 3. The van der Waals surface area contributed by atoms with Crippen LogP contribution in [0.4, 0.5) is 0 Å². The van der Waals surface area contributed by atoms with Crippen LogP contribution in [0.1, 0.15) is 30.4 Å². The molecule has 0 aliphatic heterocycles. The Balaban J connectivity index is 1.69. The number of benzene rings is 2. The van der Waals surface area contributed by atoms with Crippen LogP contribution in [0.3, 0.4) is 0 Å². The van der Waals surface area contributed by atoms with Crippen LogP contribution in [-0.4, -0.2) is 204 Å². The summed E-state index contributed by atoms with van der Waals surface area (Å²) in [6, 6.07) is 19.2. The lowest BCUT2D eigenvalue weighted by molar-refractivity contribution is -0.921. The molecule has 0 bridgehead atoms. The Morgan fingerprint density at radius 3 is 1.49 bits per heavy atom. The van der Waals surface area contributed by atoms with Gasteiger partial charge in [0.1, 0.15) is 58.8 Å². The molecule has 0 aromatic heterocycles. The third kappa shape index (κ3) is 23.8. The van der Waals surface area contributed by atoms with Gasteiger partial charge in [-0.15, -0.1) is 0 Å². The van der Waals surface area contributed by atoms with Crippen LogP contribution in [0.25, 0.3) is 12.2 Å². The molecule has 3 atom stereocenters. The average molecular weight is 827 g/mol. The molecule has 2 amide bonds. The first-order chi connectivity index (χ1) is 27.7. The van der Waals surface area contributed by atoms with Crippen LogP contribution < -0.4 is 10.6 Å². The maximum Gasteiger partial charge on any atom is 0.313 e. The molecule has 0 aliphatic rings. The van der Waals surface area contributed by atoms with Crippen LogP contribution in [0.15, 0.2) is 72.8 Å². The summed E-state index contributed by atoms with van der Waals surface area (Å²) < 4.78 is 6.99. The maximum atomic E-state index is 13.0. The molecule has 2 aromatic carbocycles. The fraction of sp³-hybridized carbons (Fsp3) is 0.556. The zero-order valence-electron chi connectivity index (χ0n) is 36.7. The second-order valence-corrected chi connectivity index (χ2v) is 18.0. The number of quaternary nitrogens is 4. The van der Waals surface area contributed by atoms with Crippen molar-refractivity contribution in [2.24, 2.45) is 0 Å². The van der Waals surface area contributed by atoms with Crippen LogP contribution in [0.5, 0.6) is 0 Å². The molecular formula is C45H74N6O8+4. The highest BCUT2D eigenvalue weighted by molar-refractivity contribution is 5.96. The lowest BCUT2D eigenvalue weighted by Gasteiger charge is -2.38. The van der Waals surface area contributed by atoms with Crippen LogP contribution in [0.2, 0.25) is 0 Å². The SMILES string of the molecule is C[N+](C)(CCCNC(=O)C=Cc1ccccc1)CC(O)C[N+](C)(C)CCOC(=O)CC(=O)C[N+](C)(CCO)CC(O)C[N+](C)(C)CCCNC(=O)C=Cc1ccccc1. The number of rotatable bonds is 29. The van der Waals surface area contributed by atoms with E-state index in [1.807, 2.05) is 103 Å². The van der Waals surface area contributed by atoms with Crippen molar-refractivity contribution in [3.05, 3.63) is 83.9 Å². The van der Waals surface area contributed by atoms with E-state index in [0.717, 1.165) is 24.1 Å². The Morgan fingerprint density at radius 1 is 0.627 bits per heavy atom. The molecule has 3 unspecified atom stereocenters. The first kappa shape index (κ1) is 50.9. The zero-order chi connectivity index (χ0) is 44.0. The summed E-state index contributed by atoms with van der Waals surface area (Å²) >= 11 is 0. The number of aliphatic hydroxyl groups excluding tert-OH is 3. The summed E-state index contributed by atoms with van der Waals surface area (Å²) in [5.74, 6) is -1.28. The first-order valence-corrected chi connectivity index (χ1v) is 20.7. The molecule has 0 saturated carbocycles. The molecule has 0 heterocycles. The van der Waals surface area contributed by atoms with E-state index < -0.39 is 24.6 Å². The van der Waals surface area contributed by atoms with Crippen molar-refractivity contribution < 1.29 is 57.2 Å². The Bertz CT molecular complexity index is 1630. The van der Waals surface area contributed by atoms with Gasteiger partial charge in [-0.05, 0) is 23.3 Å². The summed E-state index contributed by atoms with van der Waals surface area (Å²) in [6.45, 7) is 4.63. The Morgan fingerprint density at radius 2 is 1.05 bits per heavy atom. The minimum absolute atomic E-state index is 0.0395. The third-order valence-corrected chi connectivity index (χ3v) is 10.2. The molecule has 0 radical (unpaired) electrons. The second kappa shape index (κ2) is 25.4. The largest absolute Gasteiger partial charge is 0.459 e. The normalized spacial score (nSPS) is 14.5. The molecule has 0 fully saturated rings. The van der Waals surface area contributed by atoms with Gasteiger partial charge in [-0.3, -0.25) is 19.2 Å². The van der Waals surface area contributed by atoms with Crippen LogP contribution in [-0.2, 0) is 23.9 Å². The standard InChI is InChI=1S/C45H72N6O8/c1-48(2,26-14-24-46-43(56)22-20-38-16-10-8-11-17-38)33-41(54)34-50(5,6)29-31-59-45(58)32-40(53)36-51(7,28-30-52)37-42(55)35-49(3,4)27-15-25-47-44(57)23-21-39-18-12-9-13-19-39/h8-13,16-23,41-42,52,54-55H,14-15,24-37H2,1-7H3/q+2/p+2.